The molecule has 0 aromatic carbocycles. The highest BCUT2D eigenvalue weighted by molar-refractivity contribution is 5.71. The van der Waals surface area contributed by atoms with Crippen molar-refractivity contribution in [3.8, 4) is 0 Å². The van der Waals surface area contributed by atoms with Crippen LogP contribution in [0.5, 0.6) is 0 Å². The van der Waals surface area contributed by atoms with Crippen molar-refractivity contribution >= 4 is 6.03 Å². The lowest BCUT2D eigenvalue weighted by Crippen LogP contribution is -2.31. The Labute approximate surface area is 69.1 Å². The van der Waals surface area contributed by atoms with Crippen molar-refractivity contribution in [3.05, 3.63) is 11.7 Å². The second kappa shape index (κ2) is 3.70. The molecule has 0 radical (unpaired) electrons. The number of aryl methyl sites for hydroxylation is 1. The van der Waals surface area contributed by atoms with Gasteiger partial charge in [-0.05, 0) is 0 Å². The van der Waals surface area contributed by atoms with E-state index in [-0.39, 0.29) is 0 Å². The highest BCUT2D eigenvalue weighted by Crippen LogP contribution is 1.94. The number of hydrogen-bond donors (Lipinski definition) is 2. The first kappa shape index (κ1) is 8.51. The summed E-state index contributed by atoms with van der Waals surface area (Å²) in [6.07, 6.45) is 0.528. The van der Waals surface area contributed by atoms with Crippen molar-refractivity contribution in [1.82, 2.24) is 15.5 Å². The lowest BCUT2D eigenvalue weighted by molar-refractivity contribution is 0.249. The Bertz CT molecular complexity index is 270. The number of urea groups is 1. The van der Waals surface area contributed by atoms with Gasteiger partial charge in [-0.3, -0.25) is 0 Å². The minimum absolute atomic E-state index is 0.425. The predicted molar refractivity (Wildman–Crippen MR) is 40.3 cm³/mol. The normalized spacial score (nSPS) is 9.75. The van der Waals surface area contributed by atoms with E-state index < -0.39 is 6.03 Å². The van der Waals surface area contributed by atoms with Crippen LogP contribution < -0.4 is 11.1 Å². The molecule has 1 heterocycles. The lowest BCUT2D eigenvalue weighted by Gasteiger charge is -1.95. The van der Waals surface area contributed by atoms with E-state index in [2.05, 4.69) is 15.5 Å². The summed E-state index contributed by atoms with van der Waals surface area (Å²) in [5, 5.41) is 6.05. The molecule has 0 atom stereocenters. The van der Waals surface area contributed by atoms with Gasteiger partial charge in [0.1, 0.15) is 0 Å². The fourth-order valence-electron chi connectivity index (χ4n) is 0.740. The number of carbonyl (C=O) groups is 1. The molecule has 12 heavy (non-hydrogen) atoms. The van der Waals surface area contributed by atoms with Gasteiger partial charge in [0, 0.05) is 19.9 Å². The average Bonchev–Trinajstić information content (AvgIpc) is 2.35. The molecule has 0 spiro atoms. The molecular weight excluding hydrogens is 160 g/mol. The molecule has 0 saturated carbocycles. The zero-order chi connectivity index (χ0) is 8.97. The lowest BCUT2D eigenvalue weighted by atomic mass is 10.4. The van der Waals surface area contributed by atoms with Crippen LogP contribution in [0, 0.1) is 6.92 Å². The second-order valence-electron chi connectivity index (χ2n) is 2.27. The molecule has 0 aliphatic rings. The monoisotopic (exact) mass is 170 g/mol. The van der Waals surface area contributed by atoms with Gasteiger partial charge in [-0.15, -0.1) is 0 Å². The van der Waals surface area contributed by atoms with Gasteiger partial charge >= 0.3 is 6.03 Å². The minimum Gasteiger partial charge on any atom is -0.352 e. The van der Waals surface area contributed by atoms with Gasteiger partial charge in [-0.1, -0.05) is 5.16 Å². The van der Waals surface area contributed by atoms with E-state index in [1.54, 1.807) is 6.92 Å². The van der Waals surface area contributed by atoms with Crippen molar-refractivity contribution in [3.63, 3.8) is 0 Å². The third-order valence-corrected chi connectivity index (χ3v) is 1.22. The molecule has 0 saturated heterocycles. The molecule has 66 valence electrons. The van der Waals surface area contributed by atoms with Crippen LogP contribution in [-0.2, 0) is 6.42 Å². The maximum absolute atomic E-state index is 10.2. The molecule has 0 unspecified atom stereocenters. The number of nitrogens with two attached hydrogens (primary N) is 1. The number of nitrogens with zero attached hydrogens (tertiary/aromatic N) is 2. The Morgan fingerprint density at radius 2 is 2.50 bits per heavy atom. The molecule has 0 bridgehead atoms. The topological polar surface area (TPSA) is 94.0 Å². The van der Waals surface area contributed by atoms with Crippen LogP contribution in [0.2, 0.25) is 0 Å². The Balaban J connectivity index is 2.29. The van der Waals surface area contributed by atoms with Crippen LogP contribution >= 0.6 is 0 Å². The van der Waals surface area contributed by atoms with Gasteiger partial charge in [0.25, 0.3) is 0 Å². The van der Waals surface area contributed by atoms with Gasteiger partial charge in [0.15, 0.2) is 5.82 Å². The van der Waals surface area contributed by atoms with Gasteiger partial charge in [0.05, 0.1) is 0 Å². The summed E-state index contributed by atoms with van der Waals surface area (Å²) < 4.78 is 4.72. The highest BCUT2D eigenvalue weighted by atomic mass is 16.5. The van der Waals surface area contributed by atoms with Crippen LogP contribution in [-0.4, -0.2) is 22.7 Å². The van der Waals surface area contributed by atoms with Crippen molar-refractivity contribution in [1.29, 1.82) is 0 Å². The van der Waals surface area contributed by atoms with E-state index in [4.69, 9.17) is 10.3 Å². The van der Waals surface area contributed by atoms with E-state index in [1.165, 1.54) is 0 Å². The minimum atomic E-state index is -0.546. The summed E-state index contributed by atoms with van der Waals surface area (Å²) in [7, 11) is 0. The van der Waals surface area contributed by atoms with Crippen molar-refractivity contribution in [2.75, 3.05) is 6.54 Å². The summed E-state index contributed by atoms with van der Waals surface area (Å²) in [6, 6.07) is -0.546. The number of primary amides is 1. The van der Waals surface area contributed by atoms with Crippen molar-refractivity contribution < 1.29 is 9.32 Å². The molecule has 0 aliphatic carbocycles. The fraction of sp³-hybridized carbons (Fsp3) is 0.500. The third kappa shape index (κ3) is 2.57. The van der Waals surface area contributed by atoms with Gasteiger partial charge in [-0.25, -0.2) is 4.79 Å². The summed E-state index contributed by atoms with van der Waals surface area (Å²) in [6.45, 7) is 2.13. The predicted octanol–water partition coefficient (Wildman–Crippen LogP) is -0.411. The standard InChI is InChI=1S/C6H10N4O2/c1-4-9-5(10-12-4)2-3-8-6(7)11/h2-3H2,1H3,(H3,7,8,11). The molecule has 1 aromatic rings. The van der Waals surface area contributed by atoms with Gasteiger partial charge < -0.3 is 15.6 Å². The maximum Gasteiger partial charge on any atom is 0.312 e. The van der Waals surface area contributed by atoms with Gasteiger partial charge in [-0.2, -0.15) is 4.98 Å². The molecule has 0 aliphatic heterocycles. The molecular formula is C6H10N4O2. The molecule has 2 amide bonds. The third-order valence-electron chi connectivity index (χ3n) is 1.22. The van der Waals surface area contributed by atoms with E-state index >= 15 is 0 Å². The highest BCUT2D eigenvalue weighted by Gasteiger charge is 2.01. The molecule has 0 fully saturated rings. The second-order valence-corrected chi connectivity index (χ2v) is 2.27. The number of rotatable bonds is 3. The molecule has 1 aromatic heterocycles. The van der Waals surface area contributed by atoms with Crippen molar-refractivity contribution in [2.24, 2.45) is 5.73 Å². The van der Waals surface area contributed by atoms with Crippen LogP contribution in [0.3, 0.4) is 0 Å². The smallest absolute Gasteiger partial charge is 0.312 e. The Morgan fingerprint density at radius 1 is 1.75 bits per heavy atom. The van der Waals surface area contributed by atoms with Crippen LogP contribution in [0.15, 0.2) is 4.52 Å². The molecule has 6 heteroatoms. The number of aromatic nitrogens is 2. The Hall–Kier alpha value is -1.59. The van der Waals surface area contributed by atoms with E-state index in [9.17, 15) is 4.79 Å². The van der Waals surface area contributed by atoms with E-state index in [0.29, 0.717) is 24.7 Å². The van der Waals surface area contributed by atoms with E-state index in [0.717, 1.165) is 0 Å². The summed E-state index contributed by atoms with van der Waals surface area (Å²) in [4.78, 5) is 14.2. The average molecular weight is 170 g/mol. The quantitative estimate of drug-likeness (QED) is 0.644. The first-order valence-corrected chi connectivity index (χ1v) is 3.51. The van der Waals surface area contributed by atoms with Crippen LogP contribution in [0.25, 0.3) is 0 Å². The van der Waals surface area contributed by atoms with Crippen molar-refractivity contribution in [2.45, 2.75) is 13.3 Å². The van der Waals surface area contributed by atoms with Crippen LogP contribution in [0.4, 0.5) is 4.79 Å². The zero-order valence-corrected chi connectivity index (χ0v) is 6.70. The SMILES string of the molecule is Cc1nc(CCNC(N)=O)no1. The Kier molecular flexibility index (Phi) is 2.62. The maximum atomic E-state index is 10.2. The largest absolute Gasteiger partial charge is 0.352 e. The molecule has 1 rings (SSSR count). The first-order valence-electron chi connectivity index (χ1n) is 3.51. The Morgan fingerprint density at radius 3 is 3.00 bits per heavy atom. The number of carbonyl (C=O) groups excluding carboxylic acids is 1. The zero-order valence-electron chi connectivity index (χ0n) is 6.70. The number of hydrogen-bond acceptors (Lipinski definition) is 4. The summed E-state index contributed by atoms with van der Waals surface area (Å²) in [5.41, 5.74) is 4.85. The molecule has 6 nitrogen and oxygen atoms in total. The van der Waals surface area contributed by atoms with Gasteiger partial charge in [0.2, 0.25) is 5.89 Å². The van der Waals surface area contributed by atoms with Crippen LogP contribution in [0.1, 0.15) is 11.7 Å². The molecule has 3 N–H and O–H groups in total. The van der Waals surface area contributed by atoms with E-state index in [1.807, 2.05) is 0 Å². The summed E-state index contributed by atoms with van der Waals surface area (Å²) in [5.74, 6) is 1.09. The fourth-order valence-corrected chi connectivity index (χ4v) is 0.740. The number of nitrogens with one attached hydrogen (secondary N) is 1. The summed E-state index contributed by atoms with van der Waals surface area (Å²) >= 11 is 0. The number of amides is 2. The first-order chi connectivity index (χ1) is 5.68.